The molecule has 0 bridgehead atoms. The average Bonchev–Trinajstić information content (AvgIpc) is 0.830. The van der Waals surface area contributed by atoms with Crippen LogP contribution in [0.1, 0.15) is 264 Å². The van der Waals surface area contributed by atoms with E-state index in [1.54, 1.807) is 77.9 Å². The van der Waals surface area contributed by atoms with Gasteiger partial charge in [0.15, 0.2) is 10.2 Å². The van der Waals surface area contributed by atoms with Crippen LogP contribution < -0.4 is 74.9 Å². The van der Waals surface area contributed by atoms with Gasteiger partial charge in [-0.1, -0.05) is 116 Å². The first-order chi connectivity index (χ1) is 59.2. The standard InChI is InChI=1S/C20H25N3OS.C13H21N3S.C13H22N2.C12H20N2.C10H18O5.C9H14N2.C8H12N2.C8H5NOS.C3H8.C2HF3O.8CH4/c1-5-23(6-2)18-13-14(3)17(12-15(18)4)21-20(25)22-19(24)16-10-8-7-9-11-16;1-5-16(6-2)12-8-9(3)11(7-10(12)4)15-13(14)17;1-6-15(7-2)13-9-10(3)12(14-5)8-11(13)4;1-5-14(6-2)12-8-9(3)11(13)7-10(12)4;1-9(2,3)14-7(11)13-8(12)15-10(4,5)6;1-6-5-9(11-3)7(2)4-8(6)10;1-5-3-8(10)6(2)4-7(5)9;10-8(9-6-11)7-4-2-1-3-5-7;1-3-2;3-2(4,5)1-6;;;;;;;;/h7-13H,5-6H2,1-4H3,(H2,21,22,24,25);7-8H,5-6H2,1-4H3,(H3,14,15,17);8-9,14H,6-7H2,1-5H3;7-8H,5-6,13H2,1-4H3;1-6H3;4-5,11H,10H2,1-3H3;3-4H,9-10H2,1-2H3;1-5H;3H2,1-2H3;1H;8*1H4. The third kappa shape index (κ3) is 57.1. The summed E-state index contributed by atoms with van der Waals surface area (Å²) in [7, 11) is 3.89. The molecular weight excluding hydrogens is 1760 g/mol. The van der Waals surface area contributed by atoms with E-state index in [0.717, 1.165) is 126 Å². The van der Waals surface area contributed by atoms with Crippen LogP contribution in [-0.4, -0.2) is 130 Å². The van der Waals surface area contributed by atoms with Crippen molar-refractivity contribution in [3.63, 3.8) is 0 Å². The highest BCUT2D eigenvalue weighted by atomic mass is 32.1. The summed E-state index contributed by atoms with van der Waals surface area (Å²) < 4.78 is 45.1. The number of amides is 2. The van der Waals surface area contributed by atoms with Crippen molar-refractivity contribution in [2.45, 2.75) is 277 Å². The van der Waals surface area contributed by atoms with Crippen LogP contribution in [0.5, 0.6) is 0 Å². The number of nitrogens with zero attached hydrogens (tertiary/aromatic N) is 5. The Kier molecular flexibility index (Phi) is 78.7. The van der Waals surface area contributed by atoms with Crippen LogP contribution in [0.4, 0.5) is 91.0 Å². The van der Waals surface area contributed by atoms with Crippen LogP contribution in [0, 0.1) is 83.1 Å². The van der Waals surface area contributed by atoms with Gasteiger partial charge in [-0.15, -0.1) is 0 Å². The van der Waals surface area contributed by atoms with Crippen LogP contribution in [0.2, 0.25) is 0 Å². The lowest BCUT2D eigenvalue weighted by Gasteiger charge is -2.25. The first-order valence-electron chi connectivity index (χ1n) is 42.4. The van der Waals surface area contributed by atoms with Crippen LogP contribution in [0.15, 0.2) is 138 Å². The molecule has 0 aliphatic heterocycles. The van der Waals surface area contributed by atoms with E-state index in [4.69, 9.17) is 67.4 Å². The number of hydrogen-bond donors (Lipinski definition) is 10. The van der Waals surface area contributed by atoms with E-state index in [0.29, 0.717) is 21.4 Å². The lowest BCUT2D eigenvalue weighted by Crippen LogP contribution is -2.34. The smallest absolute Gasteiger partial charge is 0.428 e. The number of halogens is 3. The lowest BCUT2D eigenvalue weighted by molar-refractivity contribution is -0.156. The monoisotopic (exact) mass is 1940 g/mol. The van der Waals surface area contributed by atoms with Crippen molar-refractivity contribution in [1.29, 1.82) is 0 Å². The molecule has 0 saturated carbocycles. The molecule has 0 spiro atoms. The van der Waals surface area contributed by atoms with Gasteiger partial charge >= 0.3 is 18.5 Å². The second-order valence-electron chi connectivity index (χ2n) is 31.2. The van der Waals surface area contributed by atoms with Crippen LogP contribution in [0.25, 0.3) is 0 Å². The highest BCUT2D eigenvalue weighted by molar-refractivity contribution is 7.80. The van der Waals surface area contributed by atoms with E-state index in [1.165, 1.54) is 68.2 Å². The third-order valence-corrected chi connectivity index (χ3v) is 18.9. The Bertz CT molecular complexity index is 4720. The first kappa shape index (κ1) is 144. The summed E-state index contributed by atoms with van der Waals surface area (Å²) in [5, 5.41) is 17.8. The Labute approximate surface area is 831 Å². The maximum Gasteiger partial charge on any atom is 0.519 e. The van der Waals surface area contributed by atoms with Crippen molar-refractivity contribution in [2.24, 2.45) is 10.7 Å². The maximum absolute atomic E-state index is 12.2. The Morgan fingerprint density at radius 1 is 0.400 bits per heavy atom. The number of alkyl halides is 3. The van der Waals surface area contributed by atoms with Gasteiger partial charge in [-0.3, -0.25) is 19.7 Å². The van der Waals surface area contributed by atoms with E-state index in [9.17, 15) is 32.3 Å². The molecule has 8 aromatic rings. The van der Waals surface area contributed by atoms with E-state index in [2.05, 4.69) is 240 Å². The Morgan fingerprint density at radius 2 is 0.637 bits per heavy atom. The zero-order valence-electron chi connectivity index (χ0n) is 80.9. The summed E-state index contributed by atoms with van der Waals surface area (Å²) in [5.74, 6) is -0.562. The second-order valence-corrected chi connectivity index (χ2v) is 32.2. The topological polar surface area (TPSA) is 329 Å². The summed E-state index contributed by atoms with van der Waals surface area (Å²) in [6, 6.07) is 42.8. The molecule has 0 aromatic heterocycles. The minimum Gasteiger partial charge on any atom is -0.428 e. The lowest BCUT2D eigenvalue weighted by atomic mass is 10.1. The average molecular weight is 1940 g/mol. The number of isothiocyanates is 1. The molecule has 8 rings (SSSR count). The van der Waals surface area contributed by atoms with Crippen LogP contribution in [0.3, 0.4) is 0 Å². The molecule has 15 N–H and O–H groups in total. The minimum absolute atomic E-state index is 0. The number of aldehydes is 1. The maximum atomic E-state index is 12.2. The molecule has 2 amide bonds. The highest BCUT2D eigenvalue weighted by Gasteiger charge is 2.26. The van der Waals surface area contributed by atoms with Crippen molar-refractivity contribution < 1.29 is 51.4 Å². The van der Waals surface area contributed by atoms with Gasteiger partial charge in [0.1, 0.15) is 11.2 Å². The van der Waals surface area contributed by atoms with Gasteiger partial charge in [0, 0.05) is 146 Å². The van der Waals surface area contributed by atoms with Crippen LogP contribution >= 0.6 is 36.7 Å². The summed E-state index contributed by atoms with van der Waals surface area (Å²) in [6.45, 7) is 64.6. The number of nitrogens with one attached hydrogen (secondary N) is 5. The number of aryl methyl sites for hydroxylation is 12. The SMILES string of the molecule is C.C.C.C.C.C.C.C.CC(C)(C)OC(=O)OC(=O)OC(C)(C)C.CCC.CCN(CC)c1cc(C)c(N)cc1C.CCN(CC)c1cc(C)c(NC(=S)NC(=O)c2ccccc2)cc1C.CCN(CC)c1cc(C)c(NC(N)=S)cc1C.CCN(CC)c1cc(C)c(NC)cc1C.CNc1cc(C)c(N)cc1C.Cc1cc(N)c(C)cc1N.O=C(N=C=S)c1ccccc1.O=CC(F)(F)F. The summed E-state index contributed by atoms with van der Waals surface area (Å²) in [6.07, 6.45) is -6.57. The van der Waals surface area contributed by atoms with E-state index >= 15 is 0 Å². The molecule has 0 aliphatic carbocycles. The molecule has 135 heavy (non-hydrogen) atoms. The number of aliphatic imine (C=N–C) groups is 1. The summed E-state index contributed by atoms with van der Waals surface area (Å²) >= 11 is 14.4. The predicted molar refractivity (Wildman–Crippen MR) is 598 cm³/mol. The van der Waals surface area contributed by atoms with Gasteiger partial charge in [-0.25, -0.2) is 9.59 Å². The zero-order chi connectivity index (χ0) is 98.0. The van der Waals surface area contributed by atoms with Gasteiger partial charge in [-0.2, -0.15) is 18.2 Å². The predicted octanol–water partition coefficient (Wildman–Crippen LogP) is 28.5. The van der Waals surface area contributed by atoms with Crippen molar-refractivity contribution in [3.05, 3.63) is 211 Å². The second kappa shape index (κ2) is 73.8. The Hall–Kier alpha value is -11.5. The molecule has 29 heteroatoms. The minimum atomic E-state index is -4.64. The molecule has 0 aliphatic rings. The van der Waals surface area contributed by atoms with Crippen LogP contribution in [-0.2, 0) is 19.0 Å². The van der Waals surface area contributed by atoms with Gasteiger partial charge in [0.2, 0.25) is 6.29 Å². The molecule has 0 heterocycles. The summed E-state index contributed by atoms with van der Waals surface area (Å²) in [4.78, 5) is 66.6. The number of carbonyl (C=O) groups excluding carboxylic acids is 5. The number of anilines is 12. The number of nitrogens with two attached hydrogens (primary N) is 5. The van der Waals surface area contributed by atoms with Gasteiger partial charge in [0.25, 0.3) is 11.8 Å². The molecule has 0 fully saturated rings. The fourth-order valence-corrected chi connectivity index (χ4v) is 12.1. The van der Waals surface area contributed by atoms with Gasteiger partial charge < -0.3 is 83.7 Å². The largest absolute Gasteiger partial charge is 0.519 e. The number of carbonyl (C=O) groups is 5. The third-order valence-electron chi connectivity index (χ3n) is 18.5. The van der Waals surface area contributed by atoms with Gasteiger partial charge in [0.05, 0.1) is 5.16 Å². The number of benzene rings is 8. The first-order valence-corrected chi connectivity index (χ1v) is 43.6. The number of nitrogen functional groups attached to an aromatic ring is 4. The zero-order valence-corrected chi connectivity index (χ0v) is 83.3. The van der Waals surface area contributed by atoms with E-state index in [1.807, 2.05) is 96.3 Å². The van der Waals surface area contributed by atoms with Crippen molar-refractivity contribution in [3.8, 4) is 0 Å². The normalized spacial score (nSPS) is 9.52. The van der Waals surface area contributed by atoms with Crippen molar-refractivity contribution in [2.75, 3.05) is 130 Å². The Morgan fingerprint density at radius 3 is 0.919 bits per heavy atom. The number of hydrogen-bond acceptors (Lipinski definition) is 21. The molecule has 0 saturated heterocycles. The van der Waals surface area contributed by atoms with E-state index in [-0.39, 0.29) is 71.2 Å². The fraction of sp³-hybridized carbons (Fsp3) is 0.472. The highest BCUT2D eigenvalue weighted by Crippen LogP contribution is 2.32. The fourth-order valence-electron chi connectivity index (χ4n) is 11.7. The number of ether oxygens (including phenoxy) is 3. The molecule has 23 nitrogen and oxygen atoms in total. The van der Waals surface area contributed by atoms with Gasteiger partial charge in [-0.05, 0) is 380 Å². The molecule has 0 atom stereocenters. The molecule has 0 radical (unpaired) electrons. The molecule has 0 unspecified atom stereocenters. The number of thiocarbonyl (C=S) groups is 3. The quantitative estimate of drug-likeness (QED) is 0.00953. The van der Waals surface area contributed by atoms with Crippen molar-refractivity contribution in [1.82, 2.24) is 5.32 Å². The molecule has 8 aromatic carbocycles. The van der Waals surface area contributed by atoms with Crippen molar-refractivity contribution >= 4 is 151 Å². The Balaban J connectivity index is -0.000000164. The molecular formula is C106H178F3N15O8S3. The van der Waals surface area contributed by atoms with E-state index < -0.39 is 36.0 Å². The molecule has 764 valence electrons. The number of rotatable bonds is 18. The summed E-state index contributed by atoms with van der Waals surface area (Å²) in [5.41, 5.74) is 55.0.